The third-order valence-electron chi connectivity index (χ3n) is 3.69. The fourth-order valence-electron chi connectivity index (χ4n) is 2.71. The second kappa shape index (κ2) is 4.43. The highest BCUT2D eigenvalue weighted by Gasteiger charge is 2.32. The van der Waals surface area contributed by atoms with Crippen LogP contribution in [0.2, 0.25) is 0 Å². The van der Waals surface area contributed by atoms with Crippen LogP contribution in [0.3, 0.4) is 0 Å². The summed E-state index contributed by atoms with van der Waals surface area (Å²) in [7, 11) is 0. The van der Waals surface area contributed by atoms with Crippen LogP contribution in [0.1, 0.15) is 31.8 Å². The van der Waals surface area contributed by atoms with Gasteiger partial charge in [0.1, 0.15) is 5.52 Å². The Hall–Kier alpha value is -2.64. The molecule has 0 amide bonds. The van der Waals surface area contributed by atoms with Gasteiger partial charge in [-0.05, 0) is 12.1 Å². The number of hydrogen-bond donors (Lipinski definition) is 2. The Morgan fingerprint density at radius 3 is 2.32 bits per heavy atom. The van der Waals surface area contributed by atoms with Crippen molar-refractivity contribution < 1.29 is 18.4 Å². The van der Waals surface area contributed by atoms with Crippen LogP contribution in [0.25, 0.3) is 11.0 Å². The Bertz CT molecular complexity index is 1010. The van der Waals surface area contributed by atoms with Gasteiger partial charge in [0.15, 0.2) is 11.6 Å². The van der Waals surface area contributed by atoms with E-state index in [2.05, 4.69) is 9.97 Å². The quantitative estimate of drug-likeness (QED) is 0.523. The first-order chi connectivity index (χ1) is 10.6. The van der Waals surface area contributed by atoms with Crippen molar-refractivity contribution in [3.05, 3.63) is 58.7 Å². The van der Waals surface area contributed by atoms with Gasteiger partial charge in [0.25, 0.3) is 0 Å². The van der Waals surface area contributed by atoms with E-state index in [1.165, 1.54) is 6.07 Å². The number of ketones is 2. The molecule has 0 saturated carbocycles. The largest absolute Gasteiger partial charge is 0.329 e. The molecule has 22 heavy (non-hydrogen) atoms. The van der Waals surface area contributed by atoms with Crippen LogP contribution in [-0.2, 0) is 11.1 Å². The zero-order chi connectivity index (χ0) is 15.4. The van der Waals surface area contributed by atoms with Gasteiger partial charge >= 0.3 is 0 Å². The molecule has 0 aliphatic heterocycles. The molecular formula is C15H8N2O4S. The first-order valence-corrected chi connectivity index (χ1v) is 7.50. The average Bonchev–Trinajstić information content (AvgIpc) is 2.96. The summed E-state index contributed by atoms with van der Waals surface area (Å²) >= 11 is -2.29. The Labute approximate surface area is 126 Å². The number of hydrogen-bond acceptors (Lipinski definition) is 4. The second-order valence-corrected chi connectivity index (χ2v) is 5.76. The van der Waals surface area contributed by atoms with Crippen LogP contribution in [0.4, 0.5) is 0 Å². The lowest BCUT2D eigenvalue weighted by Gasteiger charge is -2.17. The zero-order valence-corrected chi connectivity index (χ0v) is 11.8. The second-order valence-electron chi connectivity index (χ2n) is 4.88. The number of carbonyl (C=O) groups excluding carboxylic acids is 2. The molecule has 1 unspecified atom stereocenters. The van der Waals surface area contributed by atoms with Gasteiger partial charge in [-0.2, -0.15) is 0 Å². The lowest BCUT2D eigenvalue weighted by Crippen LogP contribution is -2.21. The molecule has 3 aromatic rings. The molecular weight excluding hydrogens is 304 g/mol. The normalized spacial score (nSPS) is 14.8. The van der Waals surface area contributed by atoms with Gasteiger partial charge in [-0.15, -0.1) is 0 Å². The van der Waals surface area contributed by atoms with E-state index in [0.29, 0.717) is 16.6 Å². The average molecular weight is 312 g/mol. The highest BCUT2D eigenvalue weighted by Crippen LogP contribution is 2.31. The number of aromatic amines is 1. The molecule has 1 aliphatic carbocycles. The van der Waals surface area contributed by atoms with Crippen LogP contribution in [-0.4, -0.2) is 30.3 Å². The van der Waals surface area contributed by atoms with Crippen molar-refractivity contribution in [2.75, 3.05) is 0 Å². The van der Waals surface area contributed by atoms with Gasteiger partial charge < -0.3 is 4.98 Å². The number of nitrogens with zero attached hydrogens (tertiary/aromatic N) is 1. The minimum absolute atomic E-state index is 0.150. The molecule has 4 rings (SSSR count). The molecule has 1 atom stereocenters. The van der Waals surface area contributed by atoms with Crippen molar-refractivity contribution in [3.8, 4) is 0 Å². The summed E-state index contributed by atoms with van der Waals surface area (Å²) in [5, 5.41) is -0.150. The minimum Gasteiger partial charge on any atom is -0.329 e. The predicted octanol–water partition coefficient (Wildman–Crippen LogP) is 1.92. The van der Waals surface area contributed by atoms with Crippen molar-refractivity contribution >= 4 is 33.7 Å². The van der Waals surface area contributed by atoms with Crippen molar-refractivity contribution in [2.45, 2.75) is 5.16 Å². The lowest BCUT2D eigenvalue weighted by atomic mass is 9.83. The molecule has 1 aromatic heterocycles. The number of H-pyrrole nitrogens is 1. The number of rotatable bonds is 1. The summed E-state index contributed by atoms with van der Waals surface area (Å²) in [6.45, 7) is 0. The molecule has 0 saturated heterocycles. The molecule has 2 N–H and O–H groups in total. The van der Waals surface area contributed by atoms with E-state index in [1.54, 1.807) is 30.3 Å². The molecule has 1 aliphatic rings. The van der Waals surface area contributed by atoms with E-state index in [9.17, 15) is 13.8 Å². The number of nitrogens with one attached hydrogen (secondary N) is 1. The summed E-state index contributed by atoms with van der Waals surface area (Å²) in [5.41, 5.74) is 1.80. The maximum absolute atomic E-state index is 12.7. The summed E-state index contributed by atoms with van der Waals surface area (Å²) in [6.07, 6.45) is 0. The molecule has 0 fully saturated rings. The van der Waals surface area contributed by atoms with Gasteiger partial charge in [0.05, 0.1) is 11.1 Å². The van der Waals surface area contributed by atoms with Gasteiger partial charge in [0, 0.05) is 16.7 Å². The third kappa shape index (κ3) is 1.63. The first-order valence-electron chi connectivity index (χ1n) is 6.40. The first kappa shape index (κ1) is 13.1. The van der Waals surface area contributed by atoms with E-state index in [4.69, 9.17) is 4.55 Å². The van der Waals surface area contributed by atoms with Crippen LogP contribution in [0.5, 0.6) is 0 Å². The Morgan fingerprint density at radius 1 is 0.955 bits per heavy atom. The molecule has 108 valence electrons. The predicted molar refractivity (Wildman–Crippen MR) is 78.4 cm³/mol. The Kier molecular flexibility index (Phi) is 2.63. The van der Waals surface area contributed by atoms with E-state index in [1.807, 2.05) is 0 Å². The smallest absolute Gasteiger partial charge is 0.225 e. The molecule has 0 bridgehead atoms. The lowest BCUT2D eigenvalue weighted by molar-refractivity contribution is 0.0980. The van der Waals surface area contributed by atoms with Crippen molar-refractivity contribution in [1.29, 1.82) is 0 Å². The standard InChI is InChI=1S/C15H8N2O4S/c18-13-7-3-1-2-4-8(7)14(19)11-9(13)5-6-10-12(11)17-15(16-10)22(20)21/h1-6H,(H,16,17)(H,20,21). The Balaban J connectivity index is 2.08. The summed E-state index contributed by atoms with van der Waals surface area (Å²) in [5.74, 6) is -0.556. The maximum Gasteiger partial charge on any atom is 0.225 e. The molecule has 1 heterocycles. The topological polar surface area (TPSA) is 100 Å². The van der Waals surface area contributed by atoms with Gasteiger partial charge in [-0.25, -0.2) is 9.19 Å². The molecule has 6 nitrogen and oxygen atoms in total. The summed E-state index contributed by atoms with van der Waals surface area (Å²) in [4.78, 5) is 31.9. The number of aromatic nitrogens is 2. The molecule has 7 heteroatoms. The monoisotopic (exact) mass is 312 g/mol. The number of imidazole rings is 1. The van der Waals surface area contributed by atoms with E-state index >= 15 is 0 Å². The maximum atomic E-state index is 12.7. The van der Waals surface area contributed by atoms with Crippen molar-refractivity contribution in [1.82, 2.24) is 9.97 Å². The van der Waals surface area contributed by atoms with Crippen molar-refractivity contribution in [3.63, 3.8) is 0 Å². The number of fused-ring (bicyclic) bond motifs is 4. The van der Waals surface area contributed by atoms with Crippen LogP contribution in [0.15, 0.2) is 41.6 Å². The Morgan fingerprint density at radius 2 is 1.64 bits per heavy atom. The molecule has 0 spiro atoms. The van der Waals surface area contributed by atoms with Crippen molar-refractivity contribution in [2.24, 2.45) is 0 Å². The van der Waals surface area contributed by atoms with E-state index in [-0.39, 0.29) is 33.4 Å². The van der Waals surface area contributed by atoms with Crippen LogP contribution < -0.4 is 0 Å². The fraction of sp³-hybridized carbons (Fsp3) is 0. The highest BCUT2D eigenvalue weighted by atomic mass is 32.2. The SMILES string of the molecule is O=C1c2ccccc2C(=O)c2c1ccc1[nH]c(S(=O)O)nc21. The molecule has 0 radical (unpaired) electrons. The number of benzene rings is 2. The summed E-state index contributed by atoms with van der Waals surface area (Å²) in [6, 6.07) is 9.71. The van der Waals surface area contributed by atoms with Gasteiger partial charge in [0.2, 0.25) is 16.2 Å². The molecule has 2 aromatic carbocycles. The zero-order valence-electron chi connectivity index (χ0n) is 11.0. The number of carbonyl (C=O) groups is 2. The highest BCUT2D eigenvalue weighted by molar-refractivity contribution is 7.79. The fourth-order valence-corrected chi connectivity index (χ4v) is 3.08. The third-order valence-corrected chi connectivity index (χ3v) is 4.21. The van der Waals surface area contributed by atoms with E-state index < -0.39 is 11.1 Å². The van der Waals surface area contributed by atoms with Crippen LogP contribution >= 0.6 is 0 Å². The van der Waals surface area contributed by atoms with Crippen LogP contribution in [0, 0.1) is 0 Å². The van der Waals surface area contributed by atoms with Gasteiger partial charge in [-0.1, -0.05) is 24.3 Å². The minimum atomic E-state index is -2.29. The summed E-state index contributed by atoms with van der Waals surface area (Å²) < 4.78 is 20.3. The van der Waals surface area contributed by atoms with Gasteiger partial charge in [-0.3, -0.25) is 14.1 Å². The van der Waals surface area contributed by atoms with E-state index in [0.717, 1.165) is 0 Å².